The number of hydrogen-bond donors (Lipinski definition) is 2. The molecule has 0 saturated heterocycles. The van der Waals surface area contributed by atoms with E-state index in [1.54, 1.807) is 18.2 Å². The zero-order valence-electron chi connectivity index (χ0n) is 15.7. The number of ether oxygens (including phenoxy) is 1. The van der Waals surface area contributed by atoms with Gasteiger partial charge in [-0.1, -0.05) is 18.2 Å². The molecule has 6 nitrogen and oxygen atoms in total. The van der Waals surface area contributed by atoms with Crippen LogP contribution in [0.5, 0.6) is 11.5 Å². The summed E-state index contributed by atoms with van der Waals surface area (Å²) in [6.45, 7) is 0. The Hall–Kier alpha value is -3.88. The second-order valence-electron chi connectivity index (χ2n) is 6.09. The van der Waals surface area contributed by atoms with Crippen molar-refractivity contribution in [2.75, 3.05) is 12.4 Å². The number of carbonyl (C=O) groups excluding carboxylic acids is 2. The summed E-state index contributed by atoms with van der Waals surface area (Å²) in [5, 5.41) is 4.86. The van der Waals surface area contributed by atoms with Gasteiger partial charge in [0, 0.05) is 24.9 Å². The third kappa shape index (κ3) is 4.93. The van der Waals surface area contributed by atoms with E-state index in [-0.39, 0.29) is 28.4 Å². The van der Waals surface area contributed by atoms with E-state index in [1.807, 2.05) is 0 Å². The summed E-state index contributed by atoms with van der Waals surface area (Å²) >= 11 is 0. The maximum absolute atomic E-state index is 13.2. The largest absolute Gasteiger partial charge is 0.455 e. The zero-order chi connectivity index (χ0) is 21.7. The maximum Gasteiger partial charge on any atom is 0.416 e. The van der Waals surface area contributed by atoms with Crippen LogP contribution in [-0.2, 0) is 6.18 Å². The Balaban J connectivity index is 1.95. The molecule has 0 spiro atoms. The van der Waals surface area contributed by atoms with Crippen molar-refractivity contribution in [3.05, 3.63) is 83.7 Å². The number of aromatic nitrogens is 1. The number of carbonyl (C=O) groups is 2. The molecule has 0 saturated carbocycles. The Bertz CT molecular complexity index is 1070. The van der Waals surface area contributed by atoms with Gasteiger partial charge in [-0.15, -0.1) is 0 Å². The number of rotatable bonds is 5. The Labute approximate surface area is 169 Å². The van der Waals surface area contributed by atoms with Gasteiger partial charge in [0.05, 0.1) is 11.3 Å². The van der Waals surface area contributed by atoms with Crippen molar-refractivity contribution in [3.8, 4) is 11.5 Å². The molecular formula is C21H16F3N3O3. The van der Waals surface area contributed by atoms with Crippen molar-refractivity contribution in [3.63, 3.8) is 0 Å². The normalized spacial score (nSPS) is 10.9. The van der Waals surface area contributed by atoms with Gasteiger partial charge in [-0.05, 0) is 36.4 Å². The molecule has 3 aromatic rings. The van der Waals surface area contributed by atoms with Crippen LogP contribution in [0.15, 0.2) is 66.9 Å². The van der Waals surface area contributed by atoms with E-state index in [1.165, 1.54) is 37.5 Å². The lowest BCUT2D eigenvalue weighted by atomic mass is 10.1. The first-order valence-electron chi connectivity index (χ1n) is 8.71. The lowest BCUT2D eigenvalue weighted by Gasteiger charge is -2.15. The molecule has 0 unspecified atom stereocenters. The molecular weight excluding hydrogens is 399 g/mol. The molecule has 0 aliphatic carbocycles. The average molecular weight is 415 g/mol. The summed E-state index contributed by atoms with van der Waals surface area (Å²) in [6, 6.07) is 13.5. The van der Waals surface area contributed by atoms with Crippen molar-refractivity contribution >= 4 is 17.5 Å². The Morgan fingerprint density at radius 3 is 2.37 bits per heavy atom. The fraction of sp³-hybridized carbons (Fsp3) is 0.0952. The Morgan fingerprint density at radius 1 is 0.967 bits per heavy atom. The van der Waals surface area contributed by atoms with Crippen molar-refractivity contribution in [1.82, 2.24) is 10.3 Å². The molecule has 154 valence electrons. The molecule has 2 amide bonds. The lowest BCUT2D eigenvalue weighted by Crippen LogP contribution is -2.19. The van der Waals surface area contributed by atoms with E-state index in [0.717, 1.165) is 18.2 Å². The highest BCUT2D eigenvalue weighted by Crippen LogP contribution is 2.37. The highest BCUT2D eigenvalue weighted by molar-refractivity contribution is 6.05. The number of alkyl halides is 3. The number of pyridine rings is 1. The van der Waals surface area contributed by atoms with Gasteiger partial charge in [0.2, 0.25) is 0 Å². The number of anilines is 1. The predicted octanol–water partition coefficient (Wildman–Crippen LogP) is 4.50. The molecule has 0 aliphatic rings. The molecule has 3 rings (SSSR count). The van der Waals surface area contributed by atoms with Crippen LogP contribution in [0.1, 0.15) is 26.4 Å². The quantitative estimate of drug-likeness (QED) is 0.643. The van der Waals surface area contributed by atoms with Crippen molar-refractivity contribution < 1.29 is 27.5 Å². The van der Waals surface area contributed by atoms with Crippen LogP contribution in [0.4, 0.5) is 18.9 Å². The van der Waals surface area contributed by atoms with Crippen molar-refractivity contribution in [2.24, 2.45) is 0 Å². The van der Waals surface area contributed by atoms with Crippen molar-refractivity contribution in [1.29, 1.82) is 0 Å². The molecule has 2 aromatic carbocycles. The maximum atomic E-state index is 13.2. The van der Waals surface area contributed by atoms with Crippen LogP contribution in [-0.4, -0.2) is 23.8 Å². The lowest BCUT2D eigenvalue weighted by molar-refractivity contribution is -0.137. The molecule has 0 aliphatic heterocycles. The first-order valence-corrected chi connectivity index (χ1v) is 8.71. The number of benzene rings is 2. The van der Waals surface area contributed by atoms with Gasteiger partial charge in [0.1, 0.15) is 11.4 Å². The minimum atomic E-state index is -4.60. The fourth-order valence-corrected chi connectivity index (χ4v) is 2.53. The third-order valence-electron chi connectivity index (χ3n) is 4.01. The Morgan fingerprint density at radius 2 is 1.70 bits per heavy atom. The smallest absolute Gasteiger partial charge is 0.416 e. The number of nitrogens with one attached hydrogen (secondary N) is 2. The molecule has 2 N–H and O–H groups in total. The summed E-state index contributed by atoms with van der Waals surface area (Å²) in [6.07, 6.45) is -3.28. The second-order valence-corrected chi connectivity index (χ2v) is 6.09. The number of halogens is 3. The summed E-state index contributed by atoms with van der Waals surface area (Å²) in [7, 11) is 1.44. The summed E-state index contributed by atoms with van der Waals surface area (Å²) in [5.74, 6) is -0.911. The average Bonchev–Trinajstić information content (AvgIpc) is 2.74. The Kier molecular flexibility index (Phi) is 6.01. The van der Waals surface area contributed by atoms with E-state index in [2.05, 4.69) is 15.6 Å². The van der Waals surface area contributed by atoms with Crippen LogP contribution in [0.3, 0.4) is 0 Å². The zero-order valence-corrected chi connectivity index (χ0v) is 15.7. The summed E-state index contributed by atoms with van der Waals surface area (Å²) < 4.78 is 45.1. The van der Waals surface area contributed by atoms with Crippen LogP contribution in [0.25, 0.3) is 0 Å². The SMILES string of the molecule is CNC(=O)c1cc(Oc2ccc(C(F)(F)F)cc2NC(=O)c2ccccc2)ccn1. The van der Waals surface area contributed by atoms with Crippen LogP contribution >= 0.6 is 0 Å². The van der Waals surface area contributed by atoms with Gasteiger partial charge in [-0.2, -0.15) is 13.2 Å². The van der Waals surface area contributed by atoms with E-state index in [4.69, 9.17) is 4.74 Å². The topological polar surface area (TPSA) is 80.3 Å². The van der Waals surface area contributed by atoms with E-state index in [0.29, 0.717) is 0 Å². The molecule has 1 heterocycles. The minimum absolute atomic E-state index is 0.0265. The summed E-state index contributed by atoms with van der Waals surface area (Å²) in [4.78, 5) is 28.1. The number of amides is 2. The molecule has 0 radical (unpaired) electrons. The fourth-order valence-electron chi connectivity index (χ4n) is 2.53. The van der Waals surface area contributed by atoms with E-state index >= 15 is 0 Å². The van der Waals surface area contributed by atoms with Crippen molar-refractivity contribution in [2.45, 2.75) is 6.18 Å². The standard InChI is InChI=1S/C21H16F3N3O3/c1-25-20(29)17-12-15(9-10-26-17)30-18-8-7-14(21(22,23)24)11-16(18)27-19(28)13-5-3-2-4-6-13/h2-12H,1H3,(H,25,29)(H,27,28). The third-order valence-corrected chi connectivity index (χ3v) is 4.01. The van der Waals surface area contributed by atoms with Crippen LogP contribution in [0.2, 0.25) is 0 Å². The number of hydrogen-bond acceptors (Lipinski definition) is 4. The molecule has 0 fully saturated rings. The van der Waals surface area contributed by atoms with Gasteiger partial charge in [0.25, 0.3) is 11.8 Å². The van der Waals surface area contributed by atoms with Gasteiger partial charge in [0.15, 0.2) is 5.75 Å². The molecule has 0 atom stereocenters. The van der Waals surface area contributed by atoms with Crippen LogP contribution in [0, 0.1) is 0 Å². The van der Waals surface area contributed by atoms with Crippen LogP contribution < -0.4 is 15.4 Å². The first kappa shape index (κ1) is 20.8. The summed E-state index contributed by atoms with van der Waals surface area (Å²) in [5.41, 5.74) is -0.778. The predicted molar refractivity (Wildman–Crippen MR) is 104 cm³/mol. The van der Waals surface area contributed by atoms with E-state index < -0.39 is 23.6 Å². The van der Waals surface area contributed by atoms with Gasteiger partial charge in [-0.3, -0.25) is 14.6 Å². The highest BCUT2D eigenvalue weighted by atomic mass is 19.4. The second kappa shape index (κ2) is 8.64. The van der Waals surface area contributed by atoms with Gasteiger partial charge in [-0.25, -0.2) is 0 Å². The molecule has 1 aromatic heterocycles. The van der Waals surface area contributed by atoms with Gasteiger partial charge < -0.3 is 15.4 Å². The van der Waals surface area contributed by atoms with E-state index in [9.17, 15) is 22.8 Å². The molecule has 0 bridgehead atoms. The monoisotopic (exact) mass is 415 g/mol. The highest BCUT2D eigenvalue weighted by Gasteiger charge is 2.31. The number of nitrogens with zero attached hydrogens (tertiary/aromatic N) is 1. The molecule has 9 heteroatoms. The minimum Gasteiger partial charge on any atom is -0.455 e. The van der Waals surface area contributed by atoms with Gasteiger partial charge >= 0.3 is 6.18 Å². The first-order chi connectivity index (χ1) is 14.3. The molecule has 30 heavy (non-hydrogen) atoms.